The van der Waals surface area contributed by atoms with Crippen molar-refractivity contribution < 1.29 is 19.7 Å². The molecule has 1 atom stereocenters. The third kappa shape index (κ3) is 6.87. The summed E-state index contributed by atoms with van der Waals surface area (Å²) < 4.78 is 5.48. The van der Waals surface area contributed by atoms with Gasteiger partial charge in [0.2, 0.25) is 0 Å². The highest BCUT2D eigenvalue weighted by atomic mass is 16.6. The lowest BCUT2D eigenvalue weighted by atomic mass is 9.86. The Labute approximate surface area is 173 Å². The van der Waals surface area contributed by atoms with Gasteiger partial charge in [-0.15, -0.1) is 0 Å². The summed E-state index contributed by atoms with van der Waals surface area (Å²) in [6, 6.07) is 15.6. The van der Waals surface area contributed by atoms with Crippen molar-refractivity contribution in [3.63, 3.8) is 0 Å². The molecule has 5 nitrogen and oxygen atoms in total. The molecule has 0 saturated heterocycles. The first-order valence-corrected chi connectivity index (χ1v) is 10.1. The zero-order valence-electron chi connectivity index (χ0n) is 17.9. The van der Waals surface area contributed by atoms with Crippen molar-refractivity contribution in [1.29, 1.82) is 0 Å². The van der Waals surface area contributed by atoms with E-state index in [1.807, 2.05) is 48.5 Å². The minimum Gasteiger partial charge on any atom is -0.444 e. The number of fused-ring (bicyclic) bond motifs is 1. The summed E-state index contributed by atoms with van der Waals surface area (Å²) in [6.45, 7) is 9.21. The van der Waals surface area contributed by atoms with Crippen molar-refractivity contribution in [2.45, 2.75) is 53.2 Å². The van der Waals surface area contributed by atoms with Crippen LogP contribution in [-0.2, 0) is 17.8 Å². The molecule has 0 aliphatic carbocycles. The van der Waals surface area contributed by atoms with Crippen LogP contribution in [-0.4, -0.2) is 29.5 Å². The molecule has 1 amide bonds. The number of nitrogens with zero attached hydrogens (tertiary/aromatic N) is 1. The van der Waals surface area contributed by atoms with E-state index in [9.17, 15) is 9.90 Å². The van der Waals surface area contributed by atoms with Crippen molar-refractivity contribution in [3.05, 3.63) is 65.2 Å². The lowest BCUT2D eigenvalue weighted by Crippen LogP contribution is -2.37. The molecule has 158 valence electrons. The van der Waals surface area contributed by atoms with Crippen LogP contribution in [0.25, 0.3) is 0 Å². The second-order valence-corrected chi connectivity index (χ2v) is 8.44. The average molecular weight is 400 g/mol. The summed E-state index contributed by atoms with van der Waals surface area (Å²) in [7, 11) is 0. The smallest absolute Gasteiger partial charge is 0.414 e. The van der Waals surface area contributed by atoms with E-state index in [-0.39, 0.29) is 24.7 Å². The molecule has 0 bridgehead atoms. The predicted octanol–water partition coefficient (Wildman–Crippen LogP) is 4.85. The van der Waals surface area contributed by atoms with Gasteiger partial charge in [0, 0.05) is 18.7 Å². The number of aliphatic hydroxyl groups excluding tert-OH is 2. The standard InChI is InChI=1S/C22H27NO3.C2H6O/c1-22(2,3)14-17-9-10-19-18(13-17)20(24)11-12-23(19)21(25)26-15-16-7-5-4-6-8-16;1-2-3/h4-10,13,20,24H,11-12,14-15H2,1-3H3;3H,2H2,1H3. The van der Waals surface area contributed by atoms with Gasteiger partial charge >= 0.3 is 6.09 Å². The molecule has 0 saturated carbocycles. The summed E-state index contributed by atoms with van der Waals surface area (Å²) in [5, 5.41) is 18.0. The van der Waals surface area contributed by atoms with E-state index in [1.54, 1.807) is 11.8 Å². The number of rotatable bonds is 3. The number of aliphatic hydroxyl groups is 2. The predicted molar refractivity (Wildman–Crippen MR) is 116 cm³/mol. The van der Waals surface area contributed by atoms with Crippen molar-refractivity contribution in [1.82, 2.24) is 0 Å². The van der Waals surface area contributed by atoms with Crippen molar-refractivity contribution in [2.24, 2.45) is 5.41 Å². The second-order valence-electron chi connectivity index (χ2n) is 8.44. The molecule has 0 fully saturated rings. The number of hydrogen-bond donors (Lipinski definition) is 2. The van der Waals surface area contributed by atoms with E-state index in [0.29, 0.717) is 13.0 Å². The van der Waals surface area contributed by atoms with Gasteiger partial charge in [-0.1, -0.05) is 63.2 Å². The van der Waals surface area contributed by atoms with Crippen LogP contribution < -0.4 is 4.90 Å². The van der Waals surface area contributed by atoms with Gasteiger partial charge in [0.25, 0.3) is 0 Å². The molecule has 2 N–H and O–H groups in total. The second kappa shape index (κ2) is 10.4. The monoisotopic (exact) mass is 399 g/mol. The number of anilines is 1. The number of hydrogen-bond acceptors (Lipinski definition) is 4. The fraction of sp³-hybridized carbons (Fsp3) is 0.458. The molecular weight excluding hydrogens is 366 g/mol. The molecule has 0 radical (unpaired) electrons. The molecule has 0 spiro atoms. The zero-order chi connectivity index (χ0) is 21.4. The highest BCUT2D eigenvalue weighted by Gasteiger charge is 2.29. The van der Waals surface area contributed by atoms with Gasteiger partial charge in [-0.3, -0.25) is 4.90 Å². The largest absolute Gasteiger partial charge is 0.444 e. The van der Waals surface area contributed by atoms with Crippen LogP contribution in [0.3, 0.4) is 0 Å². The Hall–Kier alpha value is -2.37. The van der Waals surface area contributed by atoms with Crippen LogP contribution >= 0.6 is 0 Å². The fourth-order valence-electron chi connectivity index (χ4n) is 3.35. The van der Waals surface area contributed by atoms with Crippen LogP contribution in [0, 0.1) is 5.41 Å². The highest BCUT2D eigenvalue weighted by molar-refractivity contribution is 5.89. The Morgan fingerprint density at radius 2 is 1.79 bits per heavy atom. The third-order valence-electron chi connectivity index (χ3n) is 4.53. The van der Waals surface area contributed by atoms with Gasteiger partial charge in [0.1, 0.15) is 6.61 Å². The molecule has 2 aromatic carbocycles. The summed E-state index contributed by atoms with van der Waals surface area (Å²) in [6.07, 6.45) is 0.534. The molecule has 0 aromatic heterocycles. The van der Waals surface area contributed by atoms with Gasteiger partial charge in [0.15, 0.2) is 0 Å². The highest BCUT2D eigenvalue weighted by Crippen LogP contribution is 2.36. The topological polar surface area (TPSA) is 70.0 Å². The number of benzene rings is 2. The maximum Gasteiger partial charge on any atom is 0.414 e. The normalized spacial score (nSPS) is 15.8. The van der Waals surface area contributed by atoms with Gasteiger partial charge in [-0.2, -0.15) is 0 Å². The molecule has 2 aromatic rings. The first-order valence-electron chi connectivity index (χ1n) is 10.1. The molecule has 5 heteroatoms. The summed E-state index contributed by atoms with van der Waals surface area (Å²) >= 11 is 0. The van der Waals surface area contributed by atoms with Crippen LogP contribution in [0.1, 0.15) is 56.9 Å². The number of ether oxygens (including phenoxy) is 1. The van der Waals surface area contributed by atoms with Gasteiger partial charge in [-0.05, 0) is 42.4 Å². The van der Waals surface area contributed by atoms with E-state index in [2.05, 4.69) is 20.8 Å². The summed E-state index contributed by atoms with van der Waals surface area (Å²) in [5.41, 5.74) is 3.87. The Morgan fingerprint density at radius 1 is 1.14 bits per heavy atom. The Morgan fingerprint density at radius 3 is 2.41 bits per heavy atom. The molecular formula is C24H33NO4. The summed E-state index contributed by atoms with van der Waals surface area (Å²) in [5.74, 6) is 0. The van der Waals surface area contributed by atoms with Gasteiger partial charge in [0.05, 0.1) is 11.8 Å². The van der Waals surface area contributed by atoms with E-state index >= 15 is 0 Å². The van der Waals surface area contributed by atoms with Crippen molar-refractivity contribution >= 4 is 11.8 Å². The first-order chi connectivity index (χ1) is 13.7. The summed E-state index contributed by atoms with van der Waals surface area (Å²) in [4.78, 5) is 14.2. The number of carbonyl (C=O) groups is 1. The fourth-order valence-corrected chi connectivity index (χ4v) is 3.35. The van der Waals surface area contributed by atoms with Gasteiger partial charge in [-0.25, -0.2) is 4.79 Å². The first kappa shape index (κ1) is 22.9. The Kier molecular flexibility index (Phi) is 8.23. The number of amides is 1. The minimum atomic E-state index is -0.539. The molecule has 1 aliphatic rings. The molecule has 1 aliphatic heterocycles. The van der Waals surface area contributed by atoms with Crippen LogP contribution in [0.15, 0.2) is 48.5 Å². The van der Waals surface area contributed by atoms with E-state index in [0.717, 1.165) is 23.2 Å². The molecule has 1 heterocycles. The maximum absolute atomic E-state index is 12.6. The average Bonchev–Trinajstić information content (AvgIpc) is 2.67. The Balaban J connectivity index is 0.000000941. The van der Waals surface area contributed by atoms with E-state index < -0.39 is 6.10 Å². The zero-order valence-corrected chi connectivity index (χ0v) is 17.9. The van der Waals surface area contributed by atoms with E-state index in [4.69, 9.17) is 9.84 Å². The quantitative estimate of drug-likeness (QED) is 0.774. The van der Waals surface area contributed by atoms with Crippen LogP contribution in [0.5, 0.6) is 0 Å². The molecule has 3 rings (SSSR count). The molecule has 1 unspecified atom stereocenters. The lowest BCUT2D eigenvalue weighted by molar-refractivity contribution is 0.137. The van der Waals surface area contributed by atoms with Crippen molar-refractivity contribution in [3.8, 4) is 0 Å². The van der Waals surface area contributed by atoms with Crippen LogP contribution in [0.4, 0.5) is 10.5 Å². The third-order valence-corrected chi connectivity index (χ3v) is 4.53. The lowest BCUT2D eigenvalue weighted by Gasteiger charge is -2.32. The molecule has 29 heavy (non-hydrogen) atoms. The number of carbonyl (C=O) groups excluding carboxylic acids is 1. The minimum absolute atomic E-state index is 0.169. The van der Waals surface area contributed by atoms with Crippen LogP contribution in [0.2, 0.25) is 0 Å². The van der Waals surface area contributed by atoms with Crippen molar-refractivity contribution in [2.75, 3.05) is 18.1 Å². The SMILES string of the molecule is CC(C)(C)Cc1ccc2c(c1)C(O)CCN2C(=O)OCc1ccccc1.CCO. The van der Waals surface area contributed by atoms with Gasteiger partial charge < -0.3 is 14.9 Å². The van der Waals surface area contributed by atoms with E-state index in [1.165, 1.54) is 5.56 Å². The Bertz CT molecular complexity index is 783. The maximum atomic E-state index is 12.6.